The van der Waals surface area contributed by atoms with Gasteiger partial charge in [-0.25, -0.2) is 4.39 Å². The van der Waals surface area contributed by atoms with E-state index >= 15 is 0 Å². The largest absolute Gasteiger partial charge is 0.319 e. The summed E-state index contributed by atoms with van der Waals surface area (Å²) in [7, 11) is 0. The van der Waals surface area contributed by atoms with Crippen LogP contribution in [0.1, 0.15) is 45.5 Å². The Balaban J connectivity index is 1.58. The van der Waals surface area contributed by atoms with E-state index in [1.54, 1.807) is 6.07 Å². The van der Waals surface area contributed by atoms with Crippen molar-refractivity contribution in [3.8, 4) is 0 Å². The molecule has 2 aliphatic rings. The minimum atomic E-state index is -0.291. The number of benzene rings is 2. The maximum atomic E-state index is 14.7. The van der Waals surface area contributed by atoms with E-state index in [-0.39, 0.29) is 17.4 Å². The van der Waals surface area contributed by atoms with Gasteiger partial charge in [0.25, 0.3) is 5.91 Å². The summed E-state index contributed by atoms with van der Waals surface area (Å²) in [6.45, 7) is 1.46. The quantitative estimate of drug-likeness (QED) is 0.886. The number of carbonyl (C=O) groups is 1. The minimum absolute atomic E-state index is 0.240. The third kappa shape index (κ3) is 2.82. The summed E-state index contributed by atoms with van der Waals surface area (Å²) in [6, 6.07) is 9.41. The number of fused-ring (bicyclic) bond motifs is 2. The number of halogens is 1. The van der Waals surface area contributed by atoms with Gasteiger partial charge in [0.1, 0.15) is 5.82 Å². The van der Waals surface area contributed by atoms with Gasteiger partial charge >= 0.3 is 0 Å². The molecule has 0 aromatic heterocycles. The van der Waals surface area contributed by atoms with Gasteiger partial charge in [0, 0.05) is 12.1 Å². The first kappa shape index (κ1) is 15.3. The third-order valence-electron chi connectivity index (χ3n) is 5.07. The number of hydrogen-bond donors (Lipinski definition) is 2. The van der Waals surface area contributed by atoms with E-state index in [9.17, 15) is 9.18 Å². The van der Waals surface area contributed by atoms with Gasteiger partial charge in [0.2, 0.25) is 0 Å². The molecule has 0 saturated carbocycles. The standard InChI is InChI=1S/C20H21FN2O/c21-19-17-9-10-22-12-16(17)7-8-18(19)23-20(24)15-6-5-13-3-1-2-4-14(13)11-15/h5-8,11,22H,1-4,9-10,12H2,(H,23,24). The topological polar surface area (TPSA) is 41.1 Å². The number of amides is 1. The fourth-order valence-corrected chi connectivity index (χ4v) is 3.70. The van der Waals surface area contributed by atoms with Crippen molar-refractivity contribution in [1.29, 1.82) is 0 Å². The highest BCUT2D eigenvalue weighted by Gasteiger charge is 2.19. The number of rotatable bonds is 2. The number of anilines is 1. The van der Waals surface area contributed by atoms with Crippen LogP contribution in [0, 0.1) is 5.82 Å². The summed E-state index contributed by atoms with van der Waals surface area (Å²) >= 11 is 0. The Morgan fingerprint density at radius 1 is 1.00 bits per heavy atom. The molecule has 0 fully saturated rings. The lowest BCUT2D eigenvalue weighted by molar-refractivity contribution is 0.102. The zero-order valence-electron chi connectivity index (χ0n) is 13.6. The molecule has 0 unspecified atom stereocenters. The Bertz CT molecular complexity index is 800. The van der Waals surface area contributed by atoms with Crippen LogP contribution in [0.15, 0.2) is 30.3 Å². The fraction of sp³-hybridized carbons (Fsp3) is 0.350. The third-order valence-corrected chi connectivity index (χ3v) is 5.07. The first-order chi connectivity index (χ1) is 11.7. The molecule has 0 spiro atoms. The van der Waals surface area contributed by atoms with E-state index in [0.717, 1.165) is 30.5 Å². The lowest BCUT2D eigenvalue weighted by Gasteiger charge is -2.20. The average Bonchev–Trinajstić information content (AvgIpc) is 2.64. The Morgan fingerprint density at radius 2 is 1.79 bits per heavy atom. The van der Waals surface area contributed by atoms with Crippen molar-refractivity contribution < 1.29 is 9.18 Å². The van der Waals surface area contributed by atoms with Crippen molar-refractivity contribution in [2.24, 2.45) is 0 Å². The molecule has 0 atom stereocenters. The van der Waals surface area contributed by atoms with Gasteiger partial charge in [0.15, 0.2) is 0 Å². The van der Waals surface area contributed by atoms with Crippen molar-refractivity contribution in [3.05, 3.63) is 64.0 Å². The molecular formula is C20H21FN2O. The Labute approximate surface area is 141 Å². The van der Waals surface area contributed by atoms with Crippen LogP contribution in [0.2, 0.25) is 0 Å². The lowest BCUT2D eigenvalue weighted by atomic mass is 9.90. The van der Waals surface area contributed by atoms with E-state index < -0.39 is 0 Å². The highest BCUT2D eigenvalue weighted by Crippen LogP contribution is 2.26. The zero-order valence-corrected chi connectivity index (χ0v) is 13.6. The maximum Gasteiger partial charge on any atom is 0.255 e. The second-order valence-electron chi connectivity index (χ2n) is 6.64. The summed E-state index contributed by atoms with van der Waals surface area (Å²) in [4.78, 5) is 12.5. The van der Waals surface area contributed by atoms with Gasteiger partial charge in [0.05, 0.1) is 5.69 Å². The van der Waals surface area contributed by atoms with Gasteiger partial charge in [-0.15, -0.1) is 0 Å². The summed E-state index contributed by atoms with van der Waals surface area (Å²) < 4.78 is 14.7. The predicted molar refractivity (Wildman–Crippen MR) is 92.8 cm³/mol. The van der Waals surface area contributed by atoms with Crippen LogP contribution in [-0.4, -0.2) is 12.5 Å². The highest BCUT2D eigenvalue weighted by atomic mass is 19.1. The van der Waals surface area contributed by atoms with E-state index in [4.69, 9.17) is 0 Å². The molecule has 1 heterocycles. The molecule has 2 aromatic rings. The molecule has 4 heteroatoms. The van der Waals surface area contributed by atoms with Crippen LogP contribution < -0.4 is 10.6 Å². The molecular weight excluding hydrogens is 303 g/mol. The number of aryl methyl sites for hydroxylation is 2. The van der Waals surface area contributed by atoms with Gasteiger partial charge in [-0.1, -0.05) is 12.1 Å². The molecule has 1 aliphatic carbocycles. The molecule has 0 saturated heterocycles. The summed E-state index contributed by atoms with van der Waals surface area (Å²) in [6.07, 6.45) is 5.16. The van der Waals surface area contributed by atoms with Crippen LogP contribution in [0.5, 0.6) is 0 Å². The molecule has 0 bridgehead atoms. The monoisotopic (exact) mass is 324 g/mol. The first-order valence-electron chi connectivity index (χ1n) is 8.66. The number of carbonyl (C=O) groups excluding carboxylic acids is 1. The van der Waals surface area contributed by atoms with Crippen LogP contribution in [0.4, 0.5) is 10.1 Å². The van der Waals surface area contributed by atoms with E-state index in [0.29, 0.717) is 18.5 Å². The molecule has 0 radical (unpaired) electrons. The van der Waals surface area contributed by atoms with E-state index in [2.05, 4.69) is 10.6 Å². The normalized spacial score (nSPS) is 16.2. The molecule has 1 aliphatic heterocycles. The summed E-state index contributed by atoms with van der Waals surface area (Å²) in [5.41, 5.74) is 5.17. The minimum Gasteiger partial charge on any atom is -0.319 e. The van der Waals surface area contributed by atoms with Crippen molar-refractivity contribution in [2.75, 3.05) is 11.9 Å². The Morgan fingerprint density at radius 3 is 2.67 bits per heavy atom. The average molecular weight is 324 g/mol. The van der Waals surface area contributed by atoms with Gasteiger partial charge in [-0.05, 0) is 79.1 Å². The second kappa shape index (κ2) is 6.36. The Hall–Kier alpha value is -2.20. The first-order valence-corrected chi connectivity index (χ1v) is 8.66. The highest BCUT2D eigenvalue weighted by molar-refractivity contribution is 6.04. The molecule has 1 amide bonds. The van der Waals surface area contributed by atoms with Crippen molar-refractivity contribution >= 4 is 11.6 Å². The molecule has 124 valence electrons. The van der Waals surface area contributed by atoms with Crippen molar-refractivity contribution in [3.63, 3.8) is 0 Å². The second-order valence-corrected chi connectivity index (χ2v) is 6.64. The van der Waals surface area contributed by atoms with Crippen LogP contribution >= 0.6 is 0 Å². The van der Waals surface area contributed by atoms with Crippen LogP contribution in [0.3, 0.4) is 0 Å². The van der Waals surface area contributed by atoms with E-state index in [1.807, 2.05) is 24.3 Å². The fourth-order valence-electron chi connectivity index (χ4n) is 3.70. The number of nitrogens with one attached hydrogen (secondary N) is 2. The van der Waals surface area contributed by atoms with Crippen molar-refractivity contribution in [2.45, 2.75) is 38.6 Å². The molecule has 24 heavy (non-hydrogen) atoms. The summed E-state index contributed by atoms with van der Waals surface area (Å²) in [5.74, 6) is -0.531. The molecule has 3 nitrogen and oxygen atoms in total. The van der Waals surface area contributed by atoms with Crippen molar-refractivity contribution in [1.82, 2.24) is 5.32 Å². The van der Waals surface area contributed by atoms with Crippen LogP contribution in [0.25, 0.3) is 0 Å². The van der Waals surface area contributed by atoms with Gasteiger partial charge < -0.3 is 10.6 Å². The van der Waals surface area contributed by atoms with E-state index in [1.165, 1.54) is 24.0 Å². The lowest BCUT2D eigenvalue weighted by Crippen LogP contribution is -2.25. The SMILES string of the molecule is O=C(Nc1ccc2c(c1F)CCNC2)c1ccc2c(c1)CCCC2. The van der Waals surface area contributed by atoms with Gasteiger partial charge in [-0.2, -0.15) is 0 Å². The van der Waals surface area contributed by atoms with Gasteiger partial charge in [-0.3, -0.25) is 4.79 Å². The maximum absolute atomic E-state index is 14.7. The van der Waals surface area contributed by atoms with Crippen LogP contribution in [-0.2, 0) is 25.8 Å². The molecule has 2 aromatic carbocycles. The smallest absolute Gasteiger partial charge is 0.255 e. The zero-order chi connectivity index (χ0) is 16.5. The molecule has 4 rings (SSSR count). The molecule has 2 N–H and O–H groups in total. The summed E-state index contributed by atoms with van der Waals surface area (Å²) in [5, 5.41) is 5.98. The number of hydrogen-bond acceptors (Lipinski definition) is 2. The Kier molecular flexibility index (Phi) is 4.07. The predicted octanol–water partition coefficient (Wildman–Crippen LogP) is 3.60.